The van der Waals surface area contributed by atoms with Crippen LogP contribution in [0.15, 0.2) is 24.3 Å². The van der Waals surface area contributed by atoms with Crippen molar-refractivity contribution in [3.63, 3.8) is 0 Å². The van der Waals surface area contributed by atoms with Crippen LogP contribution in [0.5, 0.6) is 0 Å². The molecule has 0 bridgehead atoms. The fourth-order valence-electron chi connectivity index (χ4n) is 5.89. The van der Waals surface area contributed by atoms with Crippen LogP contribution in [0.25, 0.3) is 0 Å². The molecule has 1 unspecified atom stereocenters. The molecular formula is C30H41F3INO2Si. The largest absolute Gasteiger partial charge is 0.416 e. The van der Waals surface area contributed by atoms with Gasteiger partial charge in [0.25, 0.3) is 0 Å². The number of hydrogen-bond donors (Lipinski definition) is 1. The van der Waals surface area contributed by atoms with Gasteiger partial charge in [-0.3, -0.25) is 4.98 Å². The van der Waals surface area contributed by atoms with Gasteiger partial charge in [0, 0.05) is 20.4 Å². The summed E-state index contributed by atoms with van der Waals surface area (Å²) in [5, 5.41) is 11.6. The maximum absolute atomic E-state index is 13.2. The van der Waals surface area contributed by atoms with Crippen LogP contribution < -0.4 is 0 Å². The van der Waals surface area contributed by atoms with Gasteiger partial charge in [-0.15, -0.1) is 0 Å². The van der Waals surface area contributed by atoms with E-state index >= 15 is 0 Å². The van der Waals surface area contributed by atoms with Crippen LogP contribution in [0, 0.1) is 8.99 Å². The van der Waals surface area contributed by atoms with Gasteiger partial charge in [0.05, 0.1) is 17.4 Å². The van der Waals surface area contributed by atoms with Crippen molar-refractivity contribution < 1.29 is 22.7 Å². The molecule has 1 aromatic heterocycles. The number of pyridine rings is 1. The minimum absolute atomic E-state index is 0.0484. The number of alkyl halides is 3. The summed E-state index contributed by atoms with van der Waals surface area (Å²) < 4.78 is 47.6. The molecule has 1 saturated carbocycles. The first-order valence-corrected chi connectivity index (χ1v) is 17.7. The van der Waals surface area contributed by atoms with Crippen molar-refractivity contribution in [1.82, 2.24) is 4.98 Å². The predicted molar refractivity (Wildman–Crippen MR) is 157 cm³/mol. The van der Waals surface area contributed by atoms with E-state index in [-0.39, 0.29) is 22.5 Å². The molecule has 1 spiro atoms. The van der Waals surface area contributed by atoms with Gasteiger partial charge in [-0.2, -0.15) is 13.2 Å². The molecule has 38 heavy (non-hydrogen) atoms. The molecule has 2 aliphatic rings. The van der Waals surface area contributed by atoms with Crippen molar-refractivity contribution in [2.24, 2.45) is 5.41 Å². The molecule has 0 aliphatic heterocycles. The predicted octanol–water partition coefficient (Wildman–Crippen LogP) is 9.48. The second-order valence-electron chi connectivity index (χ2n) is 13.2. The lowest BCUT2D eigenvalue weighted by Crippen LogP contribution is -2.44. The van der Waals surface area contributed by atoms with Crippen molar-refractivity contribution in [2.75, 3.05) is 0 Å². The molecule has 0 radical (unpaired) electrons. The van der Waals surface area contributed by atoms with E-state index in [0.717, 1.165) is 45.5 Å². The van der Waals surface area contributed by atoms with Crippen LogP contribution >= 0.6 is 22.6 Å². The summed E-state index contributed by atoms with van der Waals surface area (Å²) in [4.78, 5) is 5.23. The SMILES string of the molecule is CC(C)c1nc2c(c(I)c1[C@@H](O)c1ccc(C(F)(F)F)cc1)C(O[Si](C)(C)C(C)(C)C)CC1(CCCC1)C2. The van der Waals surface area contributed by atoms with Gasteiger partial charge in [-0.1, -0.05) is 59.6 Å². The number of fused-ring (bicyclic) bond motifs is 1. The average Bonchev–Trinajstić information content (AvgIpc) is 3.23. The summed E-state index contributed by atoms with van der Waals surface area (Å²) in [6.07, 6.45) is 1.14. The highest BCUT2D eigenvalue weighted by Crippen LogP contribution is 2.55. The number of rotatable bonds is 5. The molecule has 0 amide bonds. The number of aromatic nitrogens is 1. The van der Waals surface area contributed by atoms with E-state index in [4.69, 9.17) is 9.41 Å². The van der Waals surface area contributed by atoms with Gasteiger partial charge in [0.2, 0.25) is 0 Å². The zero-order valence-electron chi connectivity index (χ0n) is 23.6. The van der Waals surface area contributed by atoms with Crippen molar-refractivity contribution >= 4 is 30.9 Å². The molecule has 1 aromatic carbocycles. The minimum Gasteiger partial charge on any atom is -0.410 e. The van der Waals surface area contributed by atoms with E-state index in [1.807, 2.05) is 0 Å². The number of halogens is 4. The molecule has 8 heteroatoms. The van der Waals surface area contributed by atoms with Crippen LogP contribution in [0.2, 0.25) is 18.1 Å². The van der Waals surface area contributed by atoms with Crippen molar-refractivity contribution in [3.05, 3.63) is 61.5 Å². The quantitative estimate of drug-likeness (QED) is 0.257. The minimum atomic E-state index is -4.42. The maximum atomic E-state index is 13.2. The summed E-state index contributed by atoms with van der Waals surface area (Å²) in [5.74, 6) is 0.0501. The maximum Gasteiger partial charge on any atom is 0.416 e. The molecule has 2 atom stereocenters. The van der Waals surface area contributed by atoms with Gasteiger partial charge < -0.3 is 9.53 Å². The molecule has 3 nitrogen and oxygen atoms in total. The lowest BCUT2D eigenvalue weighted by molar-refractivity contribution is -0.137. The molecule has 2 aliphatic carbocycles. The third-order valence-electron chi connectivity index (χ3n) is 9.08. The zero-order chi connectivity index (χ0) is 28.3. The Labute approximate surface area is 240 Å². The Balaban J connectivity index is 1.86. The van der Waals surface area contributed by atoms with Crippen LogP contribution in [0.1, 0.15) is 118 Å². The number of hydrogen-bond acceptors (Lipinski definition) is 3. The van der Waals surface area contributed by atoms with E-state index in [1.165, 1.54) is 37.8 Å². The summed E-state index contributed by atoms with van der Waals surface area (Å²) >= 11 is 2.34. The van der Waals surface area contributed by atoms with Gasteiger partial charge in [0.15, 0.2) is 8.32 Å². The number of aliphatic hydroxyl groups is 1. The fourth-order valence-corrected chi connectivity index (χ4v) is 8.39. The van der Waals surface area contributed by atoms with Gasteiger partial charge >= 0.3 is 6.18 Å². The van der Waals surface area contributed by atoms with Crippen molar-refractivity contribution in [3.8, 4) is 0 Å². The highest BCUT2D eigenvalue weighted by atomic mass is 127. The van der Waals surface area contributed by atoms with Gasteiger partial charge in [-0.25, -0.2) is 0 Å². The summed E-state index contributed by atoms with van der Waals surface area (Å²) in [5.41, 5.74) is 3.60. The van der Waals surface area contributed by atoms with Crippen LogP contribution in [0.3, 0.4) is 0 Å². The Kier molecular flexibility index (Phi) is 8.25. The highest BCUT2D eigenvalue weighted by molar-refractivity contribution is 14.1. The molecule has 210 valence electrons. The summed E-state index contributed by atoms with van der Waals surface area (Å²) in [6.45, 7) is 15.4. The standard InChI is InChI=1S/C30H41F3INO2Si/c1-18(2)26-24(27(36)19-10-12-20(13-11-19)30(31,32)33)25(34)23-21(35-26)16-29(14-8-9-15-29)17-22(23)37-38(6,7)28(3,4)5/h10-13,18,22,27,36H,8-9,14-17H2,1-7H3/t22?,27-/m0/s1. The average molecular weight is 660 g/mol. The smallest absolute Gasteiger partial charge is 0.410 e. The van der Waals surface area contributed by atoms with Crippen LogP contribution in [0.4, 0.5) is 13.2 Å². The Morgan fingerprint density at radius 1 is 1.08 bits per heavy atom. The lowest BCUT2D eigenvalue weighted by Gasteiger charge is -2.46. The van der Waals surface area contributed by atoms with Crippen molar-refractivity contribution in [1.29, 1.82) is 0 Å². The Bertz CT molecular complexity index is 1170. The van der Waals surface area contributed by atoms with Gasteiger partial charge in [-0.05, 0) is 95.4 Å². The first-order valence-electron chi connectivity index (χ1n) is 13.7. The molecule has 1 N–H and O–H groups in total. The van der Waals surface area contributed by atoms with E-state index in [1.54, 1.807) is 0 Å². The molecule has 1 heterocycles. The van der Waals surface area contributed by atoms with Crippen LogP contribution in [-0.4, -0.2) is 18.4 Å². The monoisotopic (exact) mass is 659 g/mol. The number of benzene rings is 1. The van der Waals surface area contributed by atoms with Gasteiger partial charge in [0.1, 0.15) is 6.10 Å². The molecule has 4 rings (SSSR count). The van der Waals surface area contributed by atoms with E-state index < -0.39 is 26.2 Å². The third-order valence-corrected chi connectivity index (χ3v) is 14.7. The second-order valence-corrected chi connectivity index (χ2v) is 19.1. The Morgan fingerprint density at radius 3 is 2.16 bits per heavy atom. The molecular weight excluding hydrogens is 618 g/mol. The zero-order valence-corrected chi connectivity index (χ0v) is 26.8. The van der Waals surface area contributed by atoms with E-state index in [2.05, 4.69) is 70.3 Å². The first kappa shape index (κ1) is 30.0. The normalized spacial score (nSPS) is 20.7. The molecule has 1 fully saturated rings. The fraction of sp³-hybridized carbons (Fsp3) is 0.633. The molecule has 0 saturated heterocycles. The second kappa shape index (κ2) is 10.5. The summed E-state index contributed by atoms with van der Waals surface area (Å²) in [7, 11) is -2.12. The highest BCUT2D eigenvalue weighted by Gasteiger charge is 2.48. The molecule has 2 aromatic rings. The third kappa shape index (κ3) is 5.74. The lowest BCUT2D eigenvalue weighted by atomic mass is 9.70. The Hall–Kier alpha value is -0.973. The Morgan fingerprint density at radius 2 is 1.66 bits per heavy atom. The topological polar surface area (TPSA) is 42.4 Å². The number of aliphatic hydroxyl groups excluding tert-OH is 1. The summed E-state index contributed by atoms with van der Waals surface area (Å²) in [6, 6.07) is 4.84. The van der Waals surface area contributed by atoms with Crippen molar-refractivity contribution in [2.45, 2.75) is 116 Å². The van der Waals surface area contributed by atoms with E-state index in [9.17, 15) is 18.3 Å². The van der Waals surface area contributed by atoms with E-state index in [0.29, 0.717) is 11.1 Å². The number of nitrogens with zero attached hydrogens (tertiary/aromatic N) is 1. The first-order chi connectivity index (χ1) is 17.5. The van der Waals surface area contributed by atoms with Crippen LogP contribution in [-0.2, 0) is 17.0 Å².